The molecule has 0 bridgehead atoms. The van der Waals surface area contributed by atoms with Gasteiger partial charge in [-0.2, -0.15) is 0 Å². The molecule has 0 aromatic heterocycles. The van der Waals surface area contributed by atoms with Crippen molar-refractivity contribution in [3.63, 3.8) is 0 Å². The van der Waals surface area contributed by atoms with Crippen LogP contribution in [0.5, 0.6) is 0 Å². The van der Waals surface area contributed by atoms with Gasteiger partial charge >= 0.3 is 0 Å². The molecule has 4 rings (SSSR count). The zero-order chi connectivity index (χ0) is 17.9. The van der Waals surface area contributed by atoms with E-state index in [0.29, 0.717) is 5.92 Å². The lowest BCUT2D eigenvalue weighted by Crippen LogP contribution is -2.47. The second-order valence-electron chi connectivity index (χ2n) is 8.53. The highest BCUT2D eigenvalue weighted by atomic mass is 16.3. The SMILES string of the molecule is O=C(N[C@@H](c1ccccc1)C1CC(O)C1)C1CCN(C2CCCC2)CC1. The average molecular weight is 357 g/mol. The zero-order valence-corrected chi connectivity index (χ0v) is 15.6. The van der Waals surface area contributed by atoms with Crippen LogP contribution in [-0.2, 0) is 4.79 Å². The number of carbonyl (C=O) groups excluding carboxylic acids is 1. The summed E-state index contributed by atoms with van der Waals surface area (Å²) in [5, 5.41) is 13.1. The third-order valence-electron chi connectivity index (χ3n) is 6.82. The average Bonchev–Trinajstić information content (AvgIpc) is 3.19. The van der Waals surface area contributed by atoms with Crippen LogP contribution in [0, 0.1) is 11.8 Å². The number of aliphatic hydroxyl groups is 1. The molecule has 1 aliphatic heterocycles. The molecule has 3 fully saturated rings. The third-order valence-corrected chi connectivity index (χ3v) is 6.82. The van der Waals surface area contributed by atoms with Crippen LogP contribution in [0.1, 0.15) is 63.0 Å². The molecule has 1 aromatic rings. The highest BCUT2D eigenvalue weighted by Gasteiger charge is 2.37. The van der Waals surface area contributed by atoms with E-state index in [9.17, 15) is 9.90 Å². The third kappa shape index (κ3) is 3.96. The topological polar surface area (TPSA) is 52.6 Å². The Morgan fingerprint density at radius 1 is 1.04 bits per heavy atom. The normalized spacial score (nSPS) is 29.3. The number of rotatable bonds is 5. The van der Waals surface area contributed by atoms with E-state index in [0.717, 1.165) is 44.8 Å². The zero-order valence-electron chi connectivity index (χ0n) is 15.6. The lowest BCUT2D eigenvalue weighted by molar-refractivity contribution is -0.128. The fraction of sp³-hybridized carbons (Fsp3) is 0.682. The summed E-state index contributed by atoms with van der Waals surface area (Å²) in [6, 6.07) is 11.1. The number of nitrogens with zero attached hydrogens (tertiary/aromatic N) is 1. The summed E-state index contributed by atoms with van der Waals surface area (Å²) in [6.07, 6.45) is 8.79. The first kappa shape index (κ1) is 18.0. The van der Waals surface area contributed by atoms with Gasteiger partial charge < -0.3 is 15.3 Å². The van der Waals surface area contributed by atoms with Crippen molar-refractivity contribution in [3.05, 3.63) is 35.9 Å². The van der Waals surface area contributed by atoms with E-state index in [-0.39, 0.29) is 24.0 Å². The first-order valence-corrected chi connectivity index (χ1v) is 10.5. The Morgan fingerprint density at radius 2 is 1.69 bits per heavy atom. The number of amides is 1. The maximum atomic E-state index is 12.9. The molecule has 1 heterocycles. The molecule has 4 heteroatoms. The summed E-state index contributed by atoms with van der Waals surface area (Å²) < 4.78 is 0. The summed E-state index contributed by atoms with van der Waals surface area (Å²) >= 11 is 0. The molecule has 1 saturated heterocycles. The van der Waals surface area contributed by atoms with Gasteiger partial charge in [0.05, 0.1) is 12.1 Å². The van der Waals surface area contributed by atoms with Crippen LogP contribution >= 0.6 is 0 Å². The summed E-state index contributed by atoms with van der Waals surface area (Å²) in [5.41, 5.74) is 1.17. The number of aliphatic hydroxyl groups excluding tert-OH is 1. The minimum atomic E-state index is -0.197. The number of likely N-dealkylation sites (tertiary alicyclic amines) is 1. The van der Waals surface area contributed by atoms with Gasteiger partial charge in [-0.25, -0.2) is 0 Å². The van der Waals surface area contributed by atoms with Crippen molar-refractivity contribution in [3.8, 4) is 0 Å². The van der Waals surface area contributed by atoms with Gasteiger partial charge in [0.15, 0.2) is 0 Å². The molecule has 4 nitrogen and oxygen atoms in total. The van der Waals surface area contributed by atoms with Crippen LogP contribution in [0.2, 0.25) is 0 Å². The predicted molar refractivity (Wildman–Crippen MR) is 103 cm³/mol. The fourth-order valence-corrected chi connectivity index (χ4v) is 5.10. The number of benzene rings is 1. The van der Waals surface area contributed by atoms with E-state index >= 15 is 0 Å². The van der Waals surface area contributed by atoms with Crippen LogP contribution in [0.15, 0.2) is 30.3 Å². The fourth-order valence-electron chi connectivity index (χ4n) is 5.10. The molecule has 2 saturated carbocycles. The van der Waals surface area contributed by atoms with Gasteiger partial charge in [0.25, 0.3) is 0 Å². The minimum Gasteiger partial charge on any atom is -0.393 e. The summed E-state index contributed by atoms with van der Waals surface area (Å²) in [7, 11) is 0. The Kier molecular flexibility index (Phi) is 5.60. The Morgan fingerprint density at radius 3 is 2.31 bits per heavy atom. The van der Waals surface area contributed by atoms with E-state index in [1.165, 1.54) is 31.2 Å². The lowest BCUT2D eigenvalue weighted by atomic mass is 9.75. The maximum Gasteiger partial charge on any atom is 0.223 e. The highest BCUT2D eigenvalue weighted by molar-refractivity contribution is 5.79. The van der Waals surface area contributed by atoms with E-state index in [1.807, 2.05) is 18.2 Å². The van der Waals surface area contributed by atoms with Crippen molar-refractivity contribution in [2.24, 2.45) is 11.8 Å². The van der Waals surface area contributed by atoms with E-state index in [4.69, 9.17) is 0 Å². The Bertz CT molecular complexity index is 585. The van der Waals surface area contributed by atoms with E-state index in [2.05, 4.69) is 22.3 Å². The van der Waals surface area contributed by atoms with Crippen molar-refractivity contribution in [1.82, 2.24) is 10.2 Å². The van der Waals surface area contributed by atoms with Gasteiger partial charge in [-0.1, -0.05) is 43.2 Å². The van der Waals surface area contributed by atoms with Crippen molar-refractivity contribution in [1.29, 1.82) is 0 Å². The molecule has 0 radical (unpaired) electrons. The molecular formula is C22H32N2O2. The molecule has 0 unspecified atom stereocenters. The monoisotopic (exact) mass is 356 g/mol. The van der Waals surface area contributed by atoms with Gasteiger partial charge in [0.1, 0.15) is 0 Å². The van der Waals surface area contributed by atoms with Crippen molar-refractivity contribution >= 4 is 5.91 Å². The molecule has 1 atom stereocenters. The molecule has 2 aliphatic carbocycles. The number of nitrogens with one attached hydrogen (secondary N) is 1. The summed E-state index contributed by atoms with van der Waals surface area (Å²) in [6.45, 7) is 2.14. The van der Waals surface area contributed by atoms with E-state index < -0.39 is 0 Å². The number of hydrogen-bond donors (Lipinski definition) is 2. The second-order valence-corrected chi connectivity index (χ2v) is 8.53. The van der Waals surface area contributed by atoms with Crippen LogP contribution in [0.3, 0.4) is 0 Å². The molecular weight excluding hydrogens is 324 g/mol. The molecule has 1 aromatic carbocycles. The Balaban J connectivity index is 1.34. The minimum absolute atomic E-state index is 0.0416. The maximum absolute atomic E-state index is 12.9. The molecule has 26 heavy (non-hydrogen) atoms. The standard InChI is InChI=1S/C22H32N2O2/c25-20-14-18(15-20)21(16-6-2-1-3-7-16)23-22(26)17-10-12-24(13-11-17)19-8-4-5-9-19/h1-3,6-7,17-21,25H,4-5,8-15H2,(H,23,26)/t18?,20?,21-/m0/s1. The van der Waals surface area contributed by atoms with Gasteiger partial charge in [-0.05, 0) is 63.1 Å². The van der Waals surface area contributed by atoms with Gasteiger partial charge in [0, 0.05) is 12.0 Å². The highest BCUT2D eigenvalue weighted by Crippen LogP contribution is 2.38. The van der Waals surface area contributed by atoms with Crippen molar-refractivity contribution in [2.45, 2.75) is 69.6 Å². The van der Waals surface area contributed by atoms with Crippen molar-refractivity contribution in [2.75, 3.05) is 13.1 Å². The molecule has 1 amide bonds. The Hall–Kier alpha value is -1.39. The predicted octanol–water partition coefficient (Wildman–Crippen LogP) is 3.27. The van der Waals surface area contributed by atoms with Gasteiger partial charge in [0.2, 0.25) is 5.91 Å². The summed E-state index contributed by atoms with van der Waals surface area (Å²) in [4.78, 5) is 15.6. The first-order valence-electron chi connectivity index (χ1n) is 10.5. The molecule has 2 N–H and O–H groups in total. The van der Waals surface area contributed by atoms with E-state index in [1.54, 1.807) is 0 Å². The van der Waals surface area contributed by atoms with Crippen molar-refractivity contribution < 1.29 is 9.90 Å². The van der Waals surface area contributed by atoms with Gasteiger partial charge in [-0.15, -0.1) is 0 Å². The lowest BCUT2D eigenvalue weighted by Gasteiger charge is -2.40. The van der Waals surface area contributed by atoms with Crippen LogP contribution in [0.25, 0.3) is 0 Å². The number of hydrogen-bond acceptors (Lipinski definition) is 3. The smallest absolute Gasteiger partial charge is 0.223 e. The number of piperidine rings is 1. The molecule has 142 valence electrons. The number of carbonyl (C=O) groups is 1. The summed E-state index contributed by atoms with van der Waals surface area (Å²) in [5.74, 6) is 0.713. The molecule has 3 aliphatic rings. The van der Waals surface area contributed by atoms with Gasteiger partial charge in [-0.3, -0.25) is 4.79 Å². The molecule has 0 spiro atoms. The van der Waals surface area contributed by atoms with Crippen LogP contribution < -0.4 is 5.32 Å². The van der Waals surface area contributed by atoms with Crippen LogP contribution in [-0.4, -0.2) is 41.1 Å². The van der Waals surface area contributed by atoms with Crippen LogP contribution in [0.4, 0.5) is 0 Å². The second kappa shape index (κ2) is 8.10. The largest absolute Gasteiger partial charge is 0.393 e. The Labute approximate surface area is 157 Å². The first-order chi connectivity index (χ1) is 12.7. The quantitative estimate of drug-likeness (QED) is 0.851.